The van der Waals surface area contributed by atoms with E-state index in [-0.39, 0.29) is 28.3 Å². The first-order valence-corrected chi connectivity index (χ1v) is 14.1. The van der Waals surface area contributed by atoms with Crippen LogP contribution in [0.15, 0.2) is 96.0 Å². The molecule has 200 valence electrons. The molecule has 1 aliphatic heterocycles. The van der Waals surface area contributed by atoms with Gasteiger partial charge in [0.2, 0.25) is 0 Å². The summed E-state index contributed by atoms with van der Waals surface area (Å²) in [4.78, 5) is 30.7. The molecule has 0 saturated carbocycles. The van der Waals surface area contributed by atoms with Crippen LogP contribution in [0.4, 0.5) is 0 Å². The molecule has 4 nitrogen and oxygen atoms in total. The number of fused-ring (bicyclic) bond motifs is 1. The molecule has 3 aliphatic rings. The number of benzene rings is 2. The van der Waals surface area contributed by atoms with E-state index in [1.807, 2.05) is 18.2 Å². The van der Waals surface area contributed by atoms with Gasteiger partial charge >= 0.3 is 0 Å². The van der Waals surface area contributed by atoms with Crippen LogP contribution in [0.1, 0.15) is 70.4 Å². The zero-order chi connectivity index (χ0) is 27.5. The lowest BCUT2D eigenvalue weighted by atomic mass is 9.63. The van der Waals surface area contributed by atoms with Crippen molar-refractivity contribution in [3.05, 3.63) is 107 Å². The predicted octanol–water partition coefficient (Wildman–Crippen LogP) is 7.71. The van der Waals surface area contributed by atoms with Crippen LogP contribution in [0.3, 0.4) is 0 Å². The second-order valence-corrected chi connectivity index (χ2v) is 13.2. The quantitative estimate of drug-likeness (QED) is 0.325. The standard InChI is InChI=1S/C35H38N2O2/c1-6-16-36-22-25(24-14-10-11-15-26(24)36)31-32-27(17-34(2,3)19-29(32)38)37(21-23-12-8-7-9-13-23)28-18-35(4,5)20-30(39)33(28)31/h6-15,22,31H,1,16-21H2,2-5H3. The van der Waals surface area contributed by atoms with Crippen LogP contribution >= 0.6 is 0 Å². The lowest BCUT2D eigenvalue weighted by molar-refractivity contribution is -0.119. The molecular weight excluding hydrogens is 480 g/mol. The Kier molecular flexibility index (Phi) is 6.05. The van der Waals surface area contributed by atoms with Gasteiger partial charge in [-0.25, -0.2) is 0 Å². The number of carbonyl (C=O) groups excluding carboxylic acids is 2. The minimum atomic E-state index is -0.342. The Morgan fingerprint density at radius 3 is 1.97 bits per heavy atom. The summed E-state index contributed by atoms with van der Waals surface area (Å²) >= 11 is 0. The number of carbonyl (C=O) groups is 2. The average molecular weight is 519 g/mol. The summed E-state index contributed by atoms with van der Waals surface area (Å²) in [6.45, 7) is 14.1. The Morgan fingerprint density at radius 2 is 1.38 bits per heavy atom. The fraction of sp³-hybridized carbons (Fsp3) is 0.371. The van der Waals surface area contributed by atoms with E-state index in [0.29, 0.717) is 25.9 Å². The Morgan fingerprint density at radius 1 is 0.821 bits per heavy atom. The summed E-state index contributed by atoms with van der Waals surface area (Å²) in [5.41, 5.74) is 6.95. The van der Waals surface area contributed by atoms with Gasteiger partial charge in [-0.2, -0.15) is 0 Å². The summed E-state index contributed by atoms with van der Waals surface area (Å²) in [5, 5.41) is 1.11. The summed E-state index contributed by atoms with van der Waals surface area (Å²) < 4.78 is 2.20. The molecule has 6 rings (SSSR count). The predicted molar refractivity (Wildman–Crippen MR) is 157 cm³/mol. The van der Waals surface area contributed by atoms with E-state index >= 15 is 0 Å². The molecule has 1 aromatic heterocycles. The highest BCUT2D eigenvalue weighted by Crippen LogP contribution is 2.55. The molecule has 0 unspecified atom stereocenters. The third-order valence-corrected chi connectivity index (χ3v) is 8.66. The van der Waals surface area contributed by atoms with Gasteiger partial charge in [-0.15, -0.1) is 6.58 Å². The van der Waals surface area contributed by atoms with Crippen molar-refractivity contribution in [3.63, 3.8) is 0 Å². The summed E-state index contributed by atoms with van der Waals surface area (Å²) in [7, 11) is 0. The highest BCUT2D eigenvalue weighted by atomic mass is 16.1. The van der Waals surface area contributed by atoms with E-state index in [1.54, 1.807) is 0 Å². The second-order valence-electron chi connectivity index (χ2n) is 13.2. The first-order valence-electron chi connectivity index (χ1n) is 14.1. The molecule has 2 aliphatic carbocycles. The molecule has 3 aromatic rings. The minimum absolute atomic E-state index is 0.140. The van der Waals surface area contributed by atoms with Gasteiger partial charge in [-0.3, -0.25) is 9.59 Å². The SMILES string of the molecule is C=CCn1cc(C2C3=C(CC(C)(C)CC3=O)N(Cc3ccccc3)C3=C2C(=O)CC(C)(C)C3)c2ccccc21. The van der Waals surface area contributed by atoms with E-state index in [4.69, 9.17) is 0 Å². The lowest BCUT2D eigenvalue weighted by Gasteiger charge is -2.49. The summed E-state index contributed by atoms with van der Waals surface area (Å²) in [6.07, 6.45) is 6.68. The average Bonchev–Trinajstić information content (AvgIpc) is 3.22. The van der Waals surface area contributed by atoms with E-state index in [2.05, 4.69) is 92.4 Å². The molecule has 0 radical (unpaired) electrons. The van der Waals surface area contributed by atoms with E-state index in [9.17, 15) is 9.59 Å². The maximum Gasteiger partial charge on any atom is 0.162 e. The smallest absolute Gasteiger partial charge is 0.162 e. The Hall–Kier alpha value is -3.66. The van der Waals surface area contributed by atoms with Crippen molar-refractivity contribution in [2.45, 2.75) is 72.4 Å². The van der Waals surface area contributed by atoms with Crippen LogP contribution in [0, 0.1) is 10.8 Å². The van der Waals surface area contributed by atoms with Crippen LogP contribution in [0.25, 0.3) is 10.9 Å². The number of hydrogen-bond acceptors (Lipinski definition) is 3. The first-order chi connectivity index (χ1) is 18.6. The molecule has 0 amide bonds. The van der Waals surface area contributed by atoms with Crippen molar-refractivity contribution in [3.8, 4) is 0 Å². The van der Waals surface area contributed by atoms with Crippen molar-refractivity contribution in [2.24, 2.45) is 10.8 Å². The van der Waals surface area contributed by atoms with Gasteiger partial charge in [-0.05, 0) is 40.9 Å². The molecule has 0 spiro atoms. The number of Topliss-reactive ketones (excluding diaryl/α,β-unsaturated/α-hetero) is 2. The van der Waals surface area contributed by atoms with Crippen molar-refractivity contribution < 1.29 is 9.59 Å². The zero-order valence-corrected chi connectivity index (χ0v) is 23.6. The van der Waals surface area contributed by atoms with Crippen LogP contribution in [0.5, 0.6) is 0 Å². The fourth-order valence-electron chi connectivity index (χ4n) is 7.11. The van der Waals surface area contributed by atoms with Gasteiger partial charge in [-0.1, -0.05) is 82.3 Å². The number of hydrogen-bond donors (Lipinski definition) is 0. The van der Waals surface area contributed by atoms with Crippen LogP contribution in [-0.4, -0.2) is 21.0 Å². The Balaban J connectivity index is 1.65. The lowest BCUT2D eigenvalue weighted by Crippen LogP contribution is -2.44. The van der Waals surface area contributed by atoms with Crippen molar-refractivity contribution in [1.29, 1.82) is 0 Å². The van der Waals surface area contributed by atoms with Gasteiger partial charge < -0.3 is 9.47 Å². The third-order valence-electron chi connectivity index (χ3n) is 8.66. The molecule has 39 heavy (non-hydrogen) atoms. The normalized spacial score (nSPS) is 20.9. The molecule has 0 bridgehead atoms. The number of ketones is 2. The molecule has 0 fully saturated rings. The maximum absolute atomic E-state index is 14.2. The van der Waals surface area contributed by atoms with Crippen LogP contribution in [0.2, 0.25) is 0 Å². The van der Waals surface area contributed by atoms with Gasteiger partial charge in [0.1, 0.15) is 0 Å². The molecule has 2 heterocycles. The number of allylic oxidation sites excluding steroid dienone is 5. The van der Waals surface area contributed by atoms with E-state index in [1.165, 1.54) is 5.56 Å². The number of nitrogens with zero attached hydrogens (tertiary/aromatic N) is 2. The van der Waals surface area contributed by atoms with Gasteiger partial charge in [0.25, 0.3) is 0 Å². The second kappa shape index (κ2) is 9.22. The number of aromatic nitrogens is 1. The van der Waals surface area contributed by atoms with E-state index in [0.717, 1.165) is 51.8 Å². The Labute approximate surface area is 231 Å². The number of rotatable bonds is 5. The molecule has 0 atom stereocenters. The van der Waals surface area contributed by atoms with E-state index < -0.39 is 0 Å². The highest BCUT2D eigenvalue weighted by molar-refractivity contribution is 6.08. The van der Waals surface area contributed by atoms with Gasteiger partial charge in [0.15, 0.2) is 11.6 Å². The van der Waals surface area contributed by atoms with Gasteiger partial charge in [0.05, 0.1) is 0 Å². The molecule has 0 N–H and O–H groups in total. The van der Waals surface area contributed by atoms with Crippen LogP contribution in [-0.2, 0) is 22.7 Å². The third kappa shape index (κ3) is 4.40. The highest BCUT2D eigenvalue weighted by Gasteiger charge is 2.49. The summed E-state index contributed by atoms with van der Waals surface area (Å²) in [6, 6.07) is 18.8. The van der Waals surface area contributed by atoms with Crippen LogP contribution < -0.4 is 0 Å². The first kappa shape index (κ1) is 25.6. The number of para-hydroxylation sites is 1. The summed E-state index contributed by atoms with van der Waals surface area (Å²) in [5.74, 6) is 0.00767. The largest absolute Gasteiger partial charge is 0.343 e. The molecular formula is C35H38N2O2. The van der Waals surface area contributed by atoms with Crippen molar-refractivity contribution in [2.75, 3.05) is 0 Å². The monoisotopic (exact) mass is 518 g/mol. The molecule has 4 heteroatoms. The van der Waals surface area contributed by atoms with Crippen molar-refractivity contribution >= 4 is 22.5 Å². The fourth-order valence-corrected chi connectivity index (χ4v) is 7.11. The zero-order valence-electron chi connectivity index (χ0n) is 23.6. The topological polar surface area (TPSA) is 42.3 Å². The maximum atomic E-state index is 14.2. The Bertz CT molecular complexity index is 1510. The molecule has 0 saturated heterocycles. The van der Waals surface area contributed by atoms with Crippen molar-refractivity contribution in [1.82, 2.24) is 9.47 Å². The molecule has 2 aromatic carbocycles. The minimum Gasteiger partial charge on any atom is -0.343 e. The van der Waals surface area contributed by atoms with Gasteiger partial charge in [0, 0.05) is 71.5 Å².